The Morgan fingerprint density at radius 2 is 1.75 bits per heavy atom. The number of thiophene rings is 1. The summed E-state index contributed by atoms with van der Waals surface area (Å²) in [6, 6.07) is 3.04. The Kier molecular flexibility index (Phi) is 7.10. The molecule has 0 radical (unpaired) electrons. The molecule has 1 aromatic rings. The highest BCUT2D eigenvalue weighted by Gasteiger charge is 2.32. The Labute approximate surface area is 171 Å². The molecule has 1 N–H and O–H groups in total. The maximum atomic E-state index is 13.0. The highest BCUT2D eigenvalue weighted by molar-refractivity contribution is 7.12. The molecule has 2 heterocycles. The Balaban J connectivity index is 1.52. The Morgan fingerprint density at radius 1 is 1.11 bits per heavy atom. The van der Waals surface area contributed by atoms with Crippen LogP contribution in [0.5, 0.6) is 0 Å². The van der Waals surface area contributed by atoms with Crippen molar-refractivity contribution in [3.63, 3.8) is 0 Å². The molecule has 2 aliphatic rings. The lowest BCUT2D eigenvalue weighted by atomic mass is 10.0. The van der Waals surface area contributed by atoms with Crippen LogP contribution in [0.15, 0.2) is 17.5 Å². The molecule has 28 heavy (non-hydrogen) atoms. The molecule has 1 aliphatic heterocycles. The first kappa shape index (κ1) is 20.8. The summed E-state index contributed by atoms with van der Waals surface area (Å²) in [5, 5.41) is 4.75. The van der Waals surface area contributed by atoms with E-state index in [1.54, 1.807) is 11.0 Å². The van der Waals surface area contributed by atoms with Crippen molar-refractivity contribution < 1.29 is 14.4 Å². The summed E-state index contributed by atoms with van der Waals surface area (Å²) in [7, 11) is 0. The normalized spacial score (nSPS) is 19.1. The molecule has 1 atom stereocenters. The van der Waals surface area contributed by atoms with Crippen LogP contribution in [-0.4, -0.2) is 59.7 Å². The Morgan fingerprint density at radius 3 is 2.32 bits per heavy atom. The van der Waals surface area contributed by atoms with E-state index in [2.05, 4.69) is 5.32 Å². The second-order valence-corrected chi connectivity index (χ2v) is 9.18. The minimum absolute atomic E-state index is 0.00144. The number of rotatable bonds is 6. The second-order valence-electron chi connectivity index (χ2n) is 8.23. The molecule has 1 saturated heterocycles. The van der Waals surface area contributed by atoms with Gasteiger partial charge in [0.05, 0.1) is 4.88 Å². The van der Waals surface area contributed by atoms with Crippen LogP contribution in [0.2, 0.25) is 0 Å². The minimum Gasteiger partial charge on any atom is -0.339 e. The van der Waals surface area contributed by atoms with E-state index in [-0.39, 0.29) is 23.6 Å². The quantitative estimate of drug-likeness (QED) is 0.791. The van der Waals surface area contributed by atoms with E-state index in [1.807, 2.05) is 30.2 Å². The zero-order valence-electron chi connectivity index (χ0n) is 16.9. The zero-order chi connectivity index (χ0) is 20.1. The zero-order valence-corrected chi connectivity index (χ0v) is 17.7. The first-order chi connectivity index (χ1) is 13.5. The molecular formula is C21H31N3O3S. The molecule has 0 bridgehead atoms. The third-order valence-corrected chi connectivity index (χ3v) is 6.72. The molecule has 6 nitrogen and oxygen atoms in total. The minimum atomic E-state index is -0.546. The number of carbonyl (C=O) groups excluding carboxylic acids is 3. The topological polar surface area (TPSA) is 69.7 Å². The number of carbonyl (C=O) groups is 3. The molecule has 2 fully saturated rings. The van der Waals surface area contributed by atoms with Crippen molar-refractivity contribution in [3.05, 3.63) is 22.4 Å². The van der Waals surface area contributed by atoms with Gasteiger partial charge in [0.2, 0.25) is 11.8 Å². The van der Waals surface area contributed by atoms with E-state index >= 15 is 0 Å². The average molecular weight is 406 g/mol. The van der Waals surface area contributed by atoms with Crippen LogP contribution in [0, 0.1) is 11.8 Å². The van der Waals surface area contributed by atoms with Crippen LogP contribution in [0.1, 0.15) is 55.6 Å². The molecule has 1 aliphatic carbocycles. The van der Waals surface area contributed by atoms with Crippen molar-refractivity contribution in [2.24, 2.45) is 11.8 Å². The van der Waals surface area contributed by atoms with Gasteiger partial charge in [-0.25, -0.2) is 0 Å². The summed E-state index contributed by atoms with van der Waals surface area (Å²) in [6.45, 7) is 6.12. The maximum Gasteiger partial charge on any atom is 0.262 e. The largest absolute Gasteiger partial charge is 0.339 e. The summed E-state index contributed by atoms with van der Waals surface area (Å²) in [5.41, 5.74) is 0. The number of amides is 3. The second kappa shape index (κ2) is 9.54. The smallest absolute Gasteiger partial charge is 0.262 e. The monoisotopic (exact) mass is 405 g/mol. The fourth-order valence-electron chi connectivity index (χ4n) is 4.10. The van der Waals surface area contributed by atoms with Gasteiger partial charge in [-0.2, -0.15) is 0 Å². The molecular weight excluding hydrogens is 374 g/mol. The lowest BCUT2D eigenvalue weighted by Crippen LogP contribution is -2.57. The van der Waals surface area contributed by atoms with Gasteiger partial charge in [-0.3, -0.25) is 14.4 Å². The third-order valence-electron chi connectivity index (χ3n) is 5.85. The van der Waals surface area contributed by atoms with Crippen LogP contribution in [-0.2, 0) is 9.59 Å². The van der Waals surface area contributed by atoms with Gasteiger partial charge in [-0.1, -0.05) is 32.8 Å². The highest BCUT2D eigenvalue weighted by Crippen LogP contribution is 2.28. The van der Waals surface area contributed by atoms with Gasteiger partial charge in [0.1, 0.15) is 6.04 Å². The van der Waals surface area contributed by atoms with E-state index < -0.39 is 6.04 Å². The van der Waals surface area contributed by atoms with Crippen molar-refractivity contribution in [2.45, 2.75) is 52.0 Å². The molecule has 0 spiro atoms. The van der Waals surface area contributed by atoms with Crippen LogP contribution in [0.25, 0.3) is 0 Å². The van der Waals surface area contributed by atoms with E-state index in [0.717, 1.165) is 0 Å². The lowest BCUT2D eigenvalue weighted by Gasteiger charge is -2.37. The van der Waals surface area contributed by atoms with E-state index in [0.29, 0.717) is 43.4 Å². The molecule has 3 amide bonds. The van der Waals surface area contributed by atoms with Crippen LogP contribution >= 0.6 is 11.3 Å². The highest BCUT2D eigenvalue weighted by atomic mass is 32.1. The van der Waals surface area contributed by atoms with Crippen LogP contribution < -0.4 is 5.32 Å². The number of nitrogens with zero attached hydrogens (tertiary/aromatic N) is 2. The molecule has 7 heteroatoms. The van der Waals surface area contributed by atoms with Gasteiger partial charge in [0.25, 0.3) is 5.91 Å². The molecule has 3 rings (SSSR count). The number of hydrogen-bond acceptors (Lipinski definition) is 4. The summed E-state index contributed by atoms with van der Waals surface area (Å²) >= 11 is 1.37. The van der Waals surface area contributed by atoms with Crippen LogP contribution in [0.4, 0.5) is 0 Å². The SMILES string of the molecule is CC(C)C(NC(=O)c1cccs1)C(=O)N1CCN(C(=O)CC2CCCC2)CC1. The predicted octanol–water partition coefficient (Wildman–Crippen LogP) is 2.75. The lowest BCUT2D eigenvalue weighted by molar-refractivity contribution is -0.141. The molecule has 0 aromatic carbocycles. The Bertz CT molecular complexity index is 675. The number of hydrogen-bond donors (Lipinski definition) is 1. The van der Waals surface area contributed by atoms with Gasteiger partial charge in [-0.05, 0) is 36.1 Å². The molecule has 1 saturated carbocycles. The fraction of sp³-hybridized carbons (Fsp3) is 0.667. The van der Waals surface area contributed by atoms with Crippen molar-refractivity contribution in [1.29, 1.82) is 0 Å². The standard InChI is InChI=1S/C21H31N3O3S/c1-15(2)19(22-20(26)17-8-5-13-28-17)21(27)24-11-9-23(10-12-24)18(25)14-16-6-3-4-7-16/h5,8,13,15-16,19H,3-4,6-7,9-12,14H2,1-2H3,(H,22,26). The summed E-state index contributed by atoms with van der Waals surface area (Å²) in [4.78, 5) is 42.2. The van der Waals surface area contributed by atoms with Gasteiger partial charge in [0, 0.05) is 32.6 Å². The van der Waals surface area contributed by atoms with Gasteiger partial charge < -0.3 is 15.1 Å². The fourth-order valence-corrected chi connectivity index (χ4v) is 4.72. The Hall–Kier alpha value is -1.89. The van der Waals surface area contributed by atoms with Gasteiger partial charge in [-0.15, -0.1) is 11.3 Å². The van der Waals surface area contributed by atoms with E-state index in [9.17, 15) is 14.4 Å². The summed E-state index contributed by atoms with van der Waals surface area (Å²) in [5.74, 6) is 0.518. The molecule has 154 valence electrons. The van der Waals surface area contributed by atoms with E-state index in [1.165, 1.54) is 37.0 Å². The average Bonchev–Trinajstić information content (AvgIpc) is 3.39. The van der Waals surface area contributed by atoms with Crippen molar-refractivity contribution in [2.75, 3.05) is 26.2 Å². The van der Waals surface area contributed by atoms with Crippen molar-refractivity contribution in [1.82, 2.24) is 15.1 Å². The first-order valence-electron chi connectivity index (χ1n) is 10.4. The van der Waals surface area contributed by atoms with Crippen LogP contribution in [0.3, 0.4) is 0 Å². The van der Waals surface area contributed by atoms with Gasteiger partial charge in [0.15, 0.2) is 0 Å². The maximum absolute atomic E-state index is 13.0. The predicted molar refractivity (Wildman–Crippen MR) is 110 cm³/mol. The van der Waals surface area contributed by atoms with Gasteiger partial charge >= 0.3 is 0 Å². The van der Waals surface area contributed by atoms with Crippen molar-refractivity contribution in [3.8, 4) is 0 Å². The number of nitrogens with one attached hydrogen (secondary N) is 1. The summed E-state index contributed by atoms with van der Waals surface area (Å²) < 4.78 is 0. The molecule has 1 unspecified atom stereocenters. The first-order valence-corrected chi connectivity index (χ1v) is 11.2. The third kappa shape index (κ3) is 5.13. The molecule has 1 aromatic heterocycles. The number of piperazine rings is 1. The van der Waals surface area contributed by atoms with Crippen molar-refractivity contribution >= 4 is 29.1 Å². The van der Waals surface area contributed by atoms with E-state index in [4.69, 9.17) is 0 Å². The summed E-state index contributed by atoms with van der Waals surface area (Å²) in [6.07, 6.45) is 5.48.